The molecule has 0 atom stereocenters. The van der Waals surface area contributed by atoms with Gasteiger partial charge in [-0.05, 0) is 115 Å². The molecular formula is C55H38N2S2. The summed E-state index contributed by atoms with van der Waals surface area (Å²) < 4.78 is 5.18. The van der Waals surface area contributed by atoms with Gasteiger partial charge in [-0.2, -0.15) is 0 Å². The minimum absolute atomic E-state index is 1.12. The molecule has 2 heterocycles. The van der Waals surface area contributed by atoms with Crippen molar-refractivity contribution in [2.45, 2.75) is 6.92 Å². The van der Waals surface area contributed by atoms with Gasteiger partial charge in [-0.25, -0.2) is 0 Å². The average Bonchev–Trinajstić information content (AvgIpc) is 3.86. The molecule has 0 unspecified atom stereocenters. The molecule has 0 aliphatic carbocycles. The van der Waals surface area contributed by atoms with Crippen LogP contribution in [0.5, 0.6) is 0 Å². The molecular weight excluding hydrogens is 753 g/mol. The summed E-state index contributed by atoms with van der Waals surface area (Å²) in [5.74, 6) is 0. The highest BCUT2D eigenvalue weighted by molar-refractivity contribution is 7.26. The highest BCUT2D eigenvalue weighted by Crippen LogP contribution is 2.49. The van der Waals surface area contributed by atoms with Gasteiger partial charge in [0, 0.05) is 85.6 Å². The number of hydrogen-bond donors (Lipinski definition) is 0. The number of para-hydroxylation sites is 4. The molecule has 0 aliphatic rings. The van der Waals surface area contributed by atoms with E-state index in [0.29, 0.717) is 0 Å². The summed E-state index contributed by atoms with van der Waals surface area (Å²) in [6.45, 7) is 2.24. The molecule has 2 nitrogen and oxygen atoms in total. The van der Waals surface area contributed by atoms with Crippen molar-refractivity contribution < 1.29 is 0 Å². The van der Waals surface area contributed by atoms with E-state index in [1.165, 1.54) is 68.2 Å². The predicted molar refractivity (Wildman–Crippen MR) is 257 cm³/mol. The van der Waals surface area contributed by atoms with E-state index >= 15 is 0 Å². The number of benzene rings is 9. The number of rotatable bonds is 8. The van der Waals surface area contributed by atoms with Crippen molar-refractivity contribution in [1.29, 1.82) is 0 Å². The summed E-state index contributed by atoms with van der Waals surface area (Å²) >= 11 is 3.77. The van der Waals surface area contributed by atoms with Crippen molar-refractivity contribution in [3.8, 4) is 22.3 Å². The van der Waals surface area contributed by atoms with Gasteiger partial charge in [-0.15, -0.1) is 22.7 Å². The molecule has 0 amide bonds. The Labute approximate surface area is 352 Å². The van der Waals surface area contributed by atoms with Crippen LogP contribution < -0.4 is 9.80 Å². The van der Waals surface area contributed by atoms with Crippen molar-refractivity contribution in [2.24, 2.45) is 0 Å². The van der Waals surface area contributed by atoms with Gasteiger partial charge in [-0.1, -0.05) is 121 Å². The normalized spacial score (nSPS) is 11.5. The number of fused-ring (bicyclic) bond motifs is 6. The molecule has 0 saturated heterocycles. The number of anilines is 6. The van der Waals surface area contributed by atoms with Crippen LogP contribution in [0.4, 0.5) is 34.1 Å². The van der Waals surface area contributed by atoms with E-state index in [9.17, 15) is 0 Å². The molecule has 4 heteroatoms. The van der Waals surface area contributed by atoms with E-state index in [2.05, 4.69) is 229 Å². The number of nitrogens with zero attached hydrogens (tertiary/aromatic N) is 2. The largest absolute Gasteiger partial charge is 0.310 e. The van der Waals surface area contributed by atoms with Crippen LogP contribution in [0.1, 0.15) is 5.56 Å². The van der Waals surface area contributed by atoms with Crippen molar-refractivity contribution >= 4 is 97.1 Å². The zero-order chi connectivity index (χ0) is 39.3. The minimum Gasteiger partial charge on any atom is -0.310 e. The first-order valence-electron chi connectivity index (χ1n) is 20.0. The fraction of sp³-hybridized carbons (Fsp3) is 0.0182. The molecule has 0 radical (unpaired) electrons. The summed E-state index contributed by atoms with van der Waals surface area (Å²) in [4.78, 5) is 4.77. The Balaban J connectivity index is 1.17. The standard InChI is InChI=1S/C55H38N2S2/c1-37-30-38(48-33-44(35-50-46-26-14-16-28-52(46)58-54(48)50)56(40-18-6-2-7-19-40)41-20-8-3-9-21-41)32-39(31-37)49-34-45(36-51-47-27-15-17-29-53(47)59-55(49)51)57(42-22-10-4-11-23-42)43-24-12-5-13-25-43/h2-36H,1H3. The van der Waals surface area contributed by atoms with Gasteiger partial charge in [-0.3, -0.25) is 0 Å². The summed E-state index contributed by atoms with van der Waals surface area (Å²) in [7, 11) is 0. The third-order valence-corrected chi connectivity index (χ3v) is 13.6. The Morgan fingerprint density at radius 1 is 0.305 bits per heavy atom. The highest BCUT2D eigenvalue weighted by atomic mass is 32.1. The molecule has 0 fully saturated rings. The maximum absolute atomic E-state index is 2.43. The monoisotopic (exact) mass is 790 g/mol. The van der Waals surface area contributed by atoms with Gasteiger partial charge < -0.3 is 9.80 Å². The third kappa shape index (κ3) is 6.34. The first-order valence-corrected chi connectivity index (χ1v) is 21.6. The SMILES string of the molecule is Cc1cc(-c2cc(N(c3ccccc3)c3ccccc3)cc3c2sc2ccccc23)cc(-c2cc(N(c3ccccc3)c3ccccc3)cc3c2sc2ccccc23)c1. The number of thiophene rings is 2. The van der Waals surface area contributed by atoms with Gasteiger partial charge in [0.1, 0.15) is 0 Å². The van der Waals surface area contributed by atoms with Crippen LogP contribution in [0, 0.1) is 6.92 Å². The Morgan fingerprint density at radius 2 is 0.644 bits per heavy atom. The highest BCUT2D eigenvalue weighted by Gasteiger charge is 2.22. The second-order valence-corrected chi connectivity index (χ2v) is 17.1. The van der Waals surface area contributed by atoms with E-state index in [0.717, 1.165) is 34.1 Å². The Morgan fingerprint density at radius 3 is 1.02 bits per heavy atom. The Hall–Kier alpha value is -6.98. The van der Waals surface area contributed by atoms with E-state index in [1.807, 2.05) is 22.7 Å². The maximum atomic E-state index is 2.43. The van der Waals surface area contributed by atoms with Crippen LogP contribution in [-0.2, 0) is 0 Å². The van der Waals surface area contributed by atoms with Gasteiger partial charge in [0.2, 0.25) is 0 Å². The lowest BCUT2D eigenvalue weighted by Crippen LogP contribution is -2.10. The molecule has 59 heavy (non-hydrogen) atoms. The summed E-state index contributed by atoms with van der Waals surface area (Å²) in [5.41, 5.74) is 12.9. The Bertz CT molecular complexity index is 2980. The summed E-state index contributed by atoms with van der Waals surface area (Å²) in [6.07, 6.45) is 0. The van der Waals surface area contributed by atoms with E-state index in [-0.39, 0.29) is 0 Å². The van der Waals surface area contributed by atoms with Gasteiger partial charge >= 0.3 is 0 Å². The van der Waals surface area contributed by atoms with E-state index in [4.69, 9.17) is 0 Å². The van der Waals surface area contributed by atoms with Crippen molar-refractivity contribution in [3.05, 3.63) is 218 Å². The van der Waals surface area contributed by atoms with Crippen LogP contribution in [0.3, 0.4) is 0 Å². The molecule has 11 aromatic rings. The first kappa shape index (κ1) is 35.2. The zero-order valence-corrected chi connectivity index (χ0v) is 34.1. The predicted octanol–water partition coefficient (Wildman–Crippen LogP) is 17.0. The molecule has 11 rings (SSSR count). The smallest absolute Gasteiger partial charge is 0.0475 e. The van der Waals surface area contributed by atoms with Crippen molar-refractivity contribution in [1.82, 2.24) is 0 Å². The first-order chi connectivity index (χ1) is 29.2. The molecule has 0 aliphatic heterocycles. The third-order valence-electron chi connectivity index (χ3n) is 11.2. The molecule has 0 saturated carbocycles. The van der Waals surface area contributed by atoms with Gasteiger partial charge in [0.25, 0.3) is 0 Å². The second kappa shape index (κ2) is 14.8. The van der Waals surface area contributed by atoms with Crippen molar-refractivity contribution in [3.63, 3.8) is 0 Å². The summed E-state index contributed by atoms with van der Waals surface area (Å²) in [5, 5.41) is 5.11. The molecule has 0 spiro atoms. The maximum Gasteiger partial charge on any atom is 0.0475 e. The molecule has 2 aromatic heterocycles. The number of hydrogen-bond acceptors (Lipinski definition) is 4. The lowest BCUT2D eigenvalue weighted by Gasteiger charge is -2.27. The lowest BCUT2D eigenvalue weighted by molar-refractivity contribution is 1.29. The topological polar surface area (TPSA) is 6.48 Å². The minimum atomic E-state index is 1.12. The van der Waals surface area contributed by atoms with E-state index in [1.54, 1.807) is 0 Å². The van der Waals surface area contributed by atoms with Crippen LogP contribution in [0.2, 0.25) is 0 Å². The molecule has 0 N–H and O–H groups in total. The zero-order valence-electron chi connectivity index (χ0n) is 32.4. The average molecular weight is 791 g/mol. The lowest BCUT2D eigenvalue weighted by atomic mass is 9.93. The molecule has 0 bridgehead atoms. The van der Waals surface area contributed by atoms with Gasteiger partial charge in [0.05, 0.1) is 0 Å². The second-order valence-electron chi connectivity index (χ2n) is 15.0. The fourth-order valence-electron chi connectivity index (χ4n) is 8.61. The quantitative estimate of drug-likeness (QED) is 0.151. The van der Waals surface area contributed by atoms with Gasteiger partial charge in [0.15, 0.2) is 0 Å². The van der Waals surface area contributed by atoms with Crippen LogP contribution >= 0.6 is 22.7 Å². The van der Waals surface area contributed by atoms with Crippen LogP contribution in [-0.4, -0.2) is 0 Å². The van der Waals surface area contributed by atoms with Crippen LogP contribution in [0.15, 0.2) is 212 Å². The van der Waals surface area contributed by atoms with Crippen molar-refractivity contribution in [2.75, 3.05) is 9.80 Å². The Kier molecular flexibility index (Phi) is 8.80. The molecule has 280 valence electrons. The summed E-state index contributed by atoms with van der Waals surface area (Å²) in [6, 6.07) is 77.4. The van der Waals surface area contributed by atoms with Crippen LogP contribution in [0.25, 0.3) is 62.6 Å². The van der Waals surface area contributed by atoms with E-state index < -0.39 is 0 Å². The fourth-order valence-corrected chi connectivity index (χ4v) is 11.0. The number of aryl methyl sites for hydroxylation is 1. The molecule has 9 aromatic carbocycles.